The van der Waals surface area contributed by atoms with Gasteiger partial charge in [-0.1, -0.05) is 43.3 Å². The van der Waals surface area contributed by atoms with E-state index in [4.69, 9.17) is 0 Å². The molecule has 1 amide bonds. The topological polar surface area (TPSA) is 35.6 Å². The molecule has 1 heterocycles. The number of benzene rings is 2. The molecule has 1 saturated heterocycles. The average molecular weight is 351 g/mol. The quantitative estimate of drug-likeness (QED) is 0.899. The van der Waals surface area contributed by atoms with Crippen LogP contribution in [-0.2, 0) is 13.0 Å². The zero-order valence-corrected chi connectivity index (χ0v) is 16.0. The molecular formula is C22H29N3O. The average Bonchev–Trinajstić information content (AvgIpc) is 2.68. The fourth-order valence-electron chi connectivity index (χ4n) is 3.54. The van der Waals surface area contributed by atoms with Gasteiger partial charge in [-0.05, 0) is 35.2 Å². The predicted molar refractivity (Wildman–Crippen MR) is 106 cm³/mol. The van der Waals surface area contributed by atoms with Crippen molar-refractivity contribution in [3.05, 3.63) is 70.8 Å². The van der Waals surface area contributed by atoms with E-state index in [-0.39, 0.29) is 5.91 Å². The molecule has 1 N–H and O–H groups in total. The molecule has 1 aliphatic rings. The monoisotopic (exact) mass is 351 g/mol. The fourth-order valence-corrected chi connectivity index (χ4v) is 3.54. The first-order chi connectivity index (χ1) is 12.6. The normalized spacial score (nSPS) is 17.9. The van der Waals surface area contributed by atoms with Gasteiger partial charge in [-0.2, -0.15) is 0 Å². The third-order valence-corrected chi connectivity index (χ3v) is 5.09. The van der Waals surface area contributed by atoms with Gasteiger partial charge in [0.1, 0.15) is 0 Å². The van der Waals surface area contributed by atoms with Crippen LogP contribution in [0.5, 0.6) is 0 Å². The minimum Gasteiger partial charge on any atom is -0.345 e. The number of carbonyl (C=O) groups is 1. The van der Waals surface area contributed by atoms with Crippen LogP contribution in [0.1, 0.15) is 40.0 Å². The molecule has 1 atom stereocenters. The van der Waals surface area contributed by atoms with Crippen LogP contribution in [0.2, 0.25) is 0 Å². The summed E-state index contributed by atoms with van der Waals surface area (Å²) in [6, 6.07) is 17.4. The van der Waals surface area contributed by atoms with Crippen LogP contribution in [0.3, 0.4) is 0 Å². The van der Waals surface area contributed by atoms with E-state index in [1.54, 1.807) is 19.0 Å². The Bertz CT molecular complexity index is 739. The third kappa shape index (κ3) is 4.32. The molecule has 1 aliphatic heterocycles. The molecule has 0 spiro atoms. The van der Waals surface area contributed by atoms with E-state index in [1.807, 2.05) is 18.2 Å². The molecule has 0 radical (unpaired) electrons. The number of aryl methyl sites for hydroxylation is 1. The van der Waals surface area contributed by atoms with Crippen molar-refractivity contribution in [3.8, 4) is 0 Å². The van der Waals surface area contributed by atoms with Gasteiger partial charge >= 0.3 is 0 Å². The van der Waals surface area contributed by atoms with Crippen molar-refractivity contribution >= 4 is 5.91 Å². The van der Waals surface area contributed by atoms with E-state index in [0.717, 1.165) is 38.2 Å². The highest BCUT2D eigenvalue weighted by Gasteiger charge is 2.24. The van der Waals surface area contributed by atoms with Gasteiger partial charge in [-0.15, -0.1) is 0 Å². The van der Waals surface area contributed by atoms with Crippen molar-refractivity contribution in [2.45, 2.75) is 25.9 Å². The summed E-state index contributed by atoms with van der Waals surface area (Å²) in [6.07, 6.45) is 1.07. The molecule has 0 bridgehead atoms. The summed E-state index contributed by atoms with van der Waals surface area (Å²) in [7, 11) is 3.59. The Hall–Kier alpha value is -2.17. The maximum atomic E-state index is 12.2. The Morgan fingerprint density at radius 1 is 1.15 bits per heavy atom. The van der Waals surface area contributed by atoms with Gasteiger partial charge in [0.2, 0.25) is 0 Å². The highest BCUT2D eigenvalue weighted by Crippen LogP contribution is 2.25. The van der Waals surface area contributed by atoms with Crippen molar-refractivity contribution in [2.75, 3.05) is 33.7 Å². The number of hydrogen-bond acceptors (Lipinski definition) is 3. The Morgan fingerprint density at radius 3 is 2.62 bits per heavy atom. The van der Waals surface area contributed by atoms with Crippen LogP contribution in [-0.4, -0.2) is 49.4 Å². The Labute approximate surface area is 156 Å². The van der Waals surface area contributed by atoms with Gasteiger partial charge in [0.25, 0.3) is 5.91 Å². The lowest BCUT2D eigenvalue weighted by Gasteiger charge is -2.36. The van der Waals surface area contributed by atoms with Gasteiger partial charge in [-0.3, -0.25) is 9.69 Å². The first kappa shape index (κ1) is 18.6. The van der Waals surface area contributed by atoms with E-state index in [2.05, 4.69) is 47.5 Å². The molecular weight excluding hydrogens is 322 g/mol. The van der Waals surface area contributed by atoms with Crippen molar-refractivity contribution in [2.24, 2.45) is 0 Å². The molecule has 138 valence electrons. The van der Waals surface area contributed by atoms with Gasteiger partial charge in [0.15, 0.2) is 0 Å². The number of hydrogen-bond donors (Lipinski definition) is 1. The number of nitrogens with one attached hydrogen (secondary N) is 1. The summed E-state index contributed by atoms with van der Waals surface area (Å²) in [5, 5.41) is 3.52. The molecule has 4 heteroatoms. The van der Waals surface area contributed by atoms with E-state index in [9.17, 15) is 4.79 Å². The van der Waals surface area contributed by atoms with Gasteiger partial charge in [0, 0.05) is 51.9 Å². The number of rotatable bonds is 5. The molecule has 4 nitrogen and oxygen atoms in total. The van der Waals surface area contributed by atoms with Crippen LogP contribution >= 0.6 is 0 Å². The van der Waals surface area contributed by atoms with E-state index >= 15 is 0 Å². The smallest absolute Gasteiger partial charge is 0.253 e. The minimum absolute atomic E-state index is 0.0545. The third-order valence-electron chi connectivity index (χ3n) is 5.09. The zero-order chi connectivity index (χ0) is 18.5. The number of amides is 1. The molecule has 2 aromatic rings. The lowest BCUT2D eigenvalue weighted by molar-refractivity contribution is 0.0827. The SMILES string of the molecule is CCc1ccc(C2CNCCN2Cc2cccc(C(=O)N(C)C)c2)cc1. The van der Waals surface area contributed by atoms with E-state index in [1.165, 1.54) is 16.7 Å². The Balaban J connectivity index is 1.78. The van der Waals surface area contributed by atoms with Crippen LogP contribution in [0, 0.1) is 0 Å². The summed E-state index contributed by atoms with van der Waals surface area (Å²) in [5.74, 6) is 0.0545. The van der Waals surface area contributed by atoms with Crippen LogP contribution in [0.15, 0.2) is 48.5 Å². The second-order valence-corrected chi connectivity index (χ2v) is 7.19. The highest BCUT2D eigenvalue weighted by atomic mass is 16.2. The second-order valence-electron chi connectivity index (χ2n) is 7.19. The van der Waals surface area contributed by atoms with Crippen molar-refractivity contribution in [1.82, 2.24) is 15.1 Å². The lowest BCUT2D eigenvalue weighted by atomic mass is 10.00. The molecule has 0 aliphatic carbocycles. The summed E-state index contributed by atoms with van der Waals surface area (Å²) in [5.41, 5.74) is 4.68. The number of piperazine rings is 1. The van der Waals surface area contributed by atoms with Crippen LogP contribution in [0.25, 0.3) is 0 Å². The number of carbonyl (C=O) groups excluding carboxylic acids is 1. The molecule has 3 rings (SSSR count). The summed E-state index contributed by atoms with van der Waals surface area (Å²) in [6.45, 7) is 6.01. The molecule has 0 saturated carbocycles. The molecule has 2 aromatic carbocycles. The maximum Gasteiger partial charge on any atom is 0.253 e. The molecule has 1 fully saturated rings. The molecule has 1 unspecified atom stereocenters. The Morgan fingerprint density at radius 2 is 1.92 bits per heavy atom. The van der Waals surface area contributed by atoms with Crippen LogP contribution < -0.4 is 5.32 Å². The largest absolute Gasteiger partial charge is 0.345 e. The summed E-state index contributed by atoms with van der Waals surface area (Å²) < 4.78 is 0. The van der Waals surface area contributed by atoms with E-state index < -0.39 is 0 Å². The first-order valence-corrected chi connectivity index (χ1v) is 9.42. The fraction of sp³-hybridized carbons (Fsp3) is 0.409. The van der Waals surface area contributed by atoms with Gasteiger partial charge in [0.05, 0.1) is 0 Å². The predicted octanol–water partition coefficient (Wildman–Crippen LogP) is 3.10. The summed E-state index contributed by atoms with van der Waals surface area (Å²) in [4.78, 5) is 16.4. The first-order valence-electron chi connectivity index (χ1n) is 9.42. The lowest BCUT2D eigenvalue weighted by Crippen LogP contribution is -2.45. The number of nitrogens with zero attached hydrogens (tertiary/aromatic N) is 2. The van der Waals surface area contributed by atoms with Gasteiger partial charge in [-0.25, -0.2) is 0 Å². The molecule has 0 aromatic heterocycles. The van der Waals surface area contributed by atoms with Crippen molar-refractivity contribution in [3.63, 3.8) is 0 Å². The Kier molecular flexibility index (Phi) is 6.07. The minimum atomic E-state index is 0.0545. The van der Waals surface area contributed by atoms with Crippen LogP contribution in [0.4, 0.5) is 0 Å². The standard InChI is InChI=1S/C22H29N3O/c1-4-17-8-10-19(11-9-17)21-15-23-12-13-25(21)16-18-6-5-7-20(14-18)22(26)24(2)3/h5-11,14,21,23H,4,12-13,15-16H2,1-3H3. The molecule has 26 heavy (non-hydrogen) atoms. The second kappa shape index (κ2) is 8.47. The highest BCUT2D eigenvalue weighted by molar-refractivity contribution is 5.94. The van der Waals surface area contributed by atoms with Gasteiger partial charge < -0.3 is 10.2 Å². The van der Waals surface area contributed by atoms with Crippen molar-refractivity contribution in [1.29, 1.82) is 0 Å². The van der Waals surface area contributed by atoms with E-state index in [0.29, 0.717) is 6.04 Å². The summed E-state index contributed by atoms with van der Waals surface area (Å²) >= 11 is 0. The van der Waals surface area contributed by atoms with Crippen molar-refractivity contribution < 1.29 is 4.79 Å². The maximum absolute atomic E-state index is 12.2. The zero-order valence-electron chi connectivity index (χ0n) is 16.0.